The molecule has 0 aromatic carbocycles. The van der Waals surface area contributed by atoms with E-state index in [1.54, 1.807) is 7.11 Å². The zero-order valence-corrected chi connectivity index (χ0v) is 12.2. The highest BCUT2D eigenvalue weighted by Crippen LogP contribution is 2.02. The molecule has 4 nitrogen and oxygen atoms in total. The monoisotopic (exact) mass is 262 g/mol. The molecular formula is C12H26N2O2S. The van der Waals surface area contributed by atoms with E-state index in [0.29, 0.717) is 19.2 Å². The van der Waals surface area contributed by atoms with Crippen molar-refractivity contribution in [2.45, 2.75) is 39.3 Å². The lowest BCUT2D eigenvalue weighted by atomic mass is 10.2. The Hall–Kier alpha value is -0.260. The van der Waals surface area contributed by atoms with Crippen molar-refractivity contribution in [2.24, 2.45) is 0 Å². The van der Waals surface area contributed by atoms with Gasteiger partial charge in [-0.2, -0.15) is 11.8 Å². The Kier molecular flexibility index (Phi) is 10.7. The molecule has 0 rings (SSSR count). The number of carbonyl (C=O) groups is 1. The second-order valence-corrected chi connectivity index (χ2v) is 5.41. The Labute approximate surface area is 109 Å². The molecule has 102 valence electrons. The van der Waals surface area contributed by atoms with Crippen LogP contribution in [0.2, 0.25) is 0 Å². The van der Waals surface area contributed by atoms with E-state index in [0.717, 1.165) is 17.9 Å². The smallest absolute Gasteiger partial charge is 0.236 e. The number of hydrogen-bond acceptors (Lipinski definition) is 4. The van der Waals surface area contributed by atoms with Gasteiger partial charge in [-0.15, -0.1) is 0 Å². The molecule has 0 bridgehead atoms. The summed E-state index contributed by atoms with van der Waals surface area (Å²) in [7, 11) is 1.67. The number of rotatable bonds is 10. The molecule has 1 amide bonds. The van der Waals surface area contributed by atoms with E-state index in [1.807, 2.05) is 18.7 Å². The van der Waals surface area contributed by atoms with Gasteiger partial charge in [0.15, 0.2) is 0 Å². The highest BCUT2D eigenvalue weighted by Gasteiger charge is 2.14. The van der Waals surface area contributed by atoms with Crippen molar-refractivity contribution < 1.29 is 9.53 Å². The Bertz CT molecular complexity index is 203. The van der Waals surface area contributed by atoms with Crippen LogP contribution >= 0.6 is 11.8 Å². The Balaban J connectivity index is 3.65. The second kappa shape index (κ2) is 10.9. The first-order valence-corrected chi connectivity index (χ1v) is 7.37. The van der Waals surface area contributed by atoms with Gasteiger partial charge in [-0.3, -0.25) is 4.79 Å². The zero-order chi connectivity index (χ0) is 13.1. The molecule has 0 spiro atoms. The minimum Gasteiger partial charge on any atom is -0.385 e. The summed E-state index contributed by atoms with van der Waals surface area (Å²) < 4.78 is 4.92. The molecule has 0 fully saturated rings. The molecule has 0 heterocycles. The fourth-order valence-corrected chi connectivity index (χ4v) is 2.11. The van der Waals surface area contributed by atoms with Crippen LogP contribution in [0.3, 0.4) is 0 Å². The van der Waals surface area contributed by atoms with E-state index in [9.17, 15) is 4.79 Å². The summed E-state index contributed by atoms with van der Waals surface area (Å²) >= 11 is 1.88. The molecule has 5 heteroatoms. The lowest BCUT2D eigenvalue weighted by molar-refractivity contribution is -0.122. The number of hydrogen-bond donors (Lipinski definition) is 2. The SMILES string of the molecule is CCSCC(C)NC(C)C(=O)NCCCOC. The lowest BCUT2D eigenvalue weighted by Crippen LogP contribution is -2.46. The predicted octanol–water partition coefficient (Wildman–Crippen LogP) is 1.26. The standard InChI is InChI=1S/C12H26N2O2S/c1-5-17-9-10(2)14-11(3)12(15)13-7-6-8-16-4/h10-11,14H,5-9H2,1-4H3,(H,13,15). The molecule has 2 unspecified atom stereocenters. The normalized spacial score (nSPS) is 14.4. The third-order valence-corrected chi connectivity index (χ3v) is 3.47. The van der Waals surface area contributed by atoms with Crippen LogP contribution in [0.15, 0.2) is 0 Å². The molecule has 0 aliphatic rings. The number of methoxy groups -OCH3 is 1. The minimum atomic E-state index is -0.134. The van der Waals surface area contributed by atoms with Crippen molar-refractivity contribution in [3.63, 3.8) is 0 Å². The summed E-state index contributed by atoms with van der Waals surface area (Å²) in [6, 6.07) is 0.227. The Morgan fingerprint density at radius 2 is 2.12 bits per heavy atom. The van der Waals surface area contributed by atoms with Crippen molar-refractivity contribution in [1.29, 1.82) is 0 Å². The maximum Gasteiger partial charge on any atom is 0.236 e. The Morgan fingerprint density at radius 3 is 2.71 bits per heavy atom. The van der Waals surface area contributed by atoms with Crippen LogP contribution in [0, 0.1) is 0 Å². The van der Waals surface area contributed by atoms with Gasteiger partial charge in [0.05, 0.1) is 6.04 Å². The molecule has 0 aliphatic carbocycles. The summed E-state index contributed by atoms with van der Waals surface area (Å²) in [5.41, 5.74) is 0. The van der Waals surface area contributed by atoms with Gasteiger partial charge in [0.2, 0.25) is 5.91 Å². The van der Waals surface area contributed by atoms with E-state index >= 15 is 0 Å². The van der Waals surface area contributed by atoms with Crippen molar-refractivity contribution in [1.82, 2.24) is 10.6 Å². The van der Waals surface area contributed by atoms with Crippen molar-refractivity contribution >= 4 is 17.7 Å². The average Bonchev–Trinajstić information content (AvgIpc) is 2.31. The molecule has 17 heavy (non-hydrogen) atoms. The molecule has 0 aromatic heterocycles. The number of carbonyl (C=O) groups excluding carboxylic acids is 1. The average molecular weight is 262 g/mol. The van der Waals surface area contributed by atoms with E-state index in [-0.39, 0.29) is 11.9 Å². The first-order valence-electron chi connectivity index (χ1n) is 6.22. The van der Waals surface area contributed by atoms with Crippen LogP contribution < -0.4 is 10.6 Å². The molecule has 0 aromatic rings. The highest BCUT2D eigenvalue weighted by atomic mass is 32.2. The van der Waals surface area contributed by atoms with E-state index in [4.69, 9.17) is 4.74 Å². The molecule has 0 saturated carbocycles. The van der Waals surface area contributed by atoms with Gasteiger partial charge in [0.25, 0.3) is 0 Å². The summed E-state index contributed by atoms with van der Waals surface area (Å²) in [5, 5.41) is 6.18. The highest BCUT2D eigenvalue weighted by molar-refractivity contribution is 7.99. The fraction of sp³-hybridized carbons (Fsp3) is 0.917. The van der Waals surface area contributed by atoms with Crippen LogP contribution in [-0.4, -0.2) is 49.8 Å². The van der Waals surface area contributed by atoms with Crippen LogP contribution in [0.5, 0.6) is 0 Å². The maximum absolute atomic E-state index is 11.7. The molecule has 0 aliphatic heterocycles. The van der Waals surface area contributed by atoms with Gasteiger partial charge in [-0.05, 0) is 26.0 Å². The summed E-state index contributed by atoms with van der Waals surface area (Å²) in [6.07, 6.45) is 0.857. The van der Waals surface area contributed by atoms with Gasteiger partial charge in [-0.1, -0.05) is 6.92 Å². The first-order chi connectivity index (χ1) is 8.11. The lowest BCUT2D eigenvalue weighted by Gasteiger charge is -2.19. The van der Waals surface area contributed by atoms with E-state index in [1.165, 1.54) is 0 Å². The van der Waals surface area contributed by atoms with Gasteiger partial charge in [-0.25, -0.2) is 0 Å². The first kappa shape index (κ1) is 16.7. The van der Waals surface area contributed by atoms with E-state index < -0.39 is 0 Å². The summed E-state index contributed by atoms with van der Waals surface area (Å²) in [6.45, 7) is 7.52. The quantitative estimate of drug-likeness (QED) is 0.582. The zero-order valence-electron chi connectivity index (χ0n) is 11.4. The number of nitrogens with one attached hydrogen (secondary N) is 2. The molecule has 0 radical (unpaired) electrons. The van der Waals surface area contributed by atoms with Crippen LogP contribution in [0.4, 0.5) is 0 Å². The van der Waals surface area contributed by atoms with Crippen LogP contribution in [-0.2, 0) is 9.53 Å². The Morgan fingerprint density at radius 1 is 1.41 bits per heavy atom. The second-order valence-electron chi connectivity index (χ2n) is 4.09. The predicted molar refractivity (Wildman–Crippen MR) is 74.6 cm³/mol. The number of amides is 1. The van der Waals surface area contributed by atoms with Crippen molar-refractivity contribution in [3.05, 3.63) is 0 Å². The molecule has 2 N–H and O–H groups in total. The van der Waals surface area contributed by atoms with Crippen molar-refractivity contribution in [2.75, 3.05) is 31.8 Å². The number of ether oxygens (including phenoxy) is 1. The third kappa shape index (κ3) is 9.44. The minimum absolute atomic E-state index is 0.0643. The van der Waals surface area contributed by atoms with Gasteiger partial charge < -0.3 is 15.4 Å². The van der Waals surface area contributed by atoms with Gasteiger partial charge in [0, 0.05) is 32.1 Å². The maximum atomic E-state index is 11.7. The van der Waals surface area contributed by atoms with Crippen molar-refractivity contribution in [3.8, 4) is 0 Å². The van der Waals surface area contributed by atoms with E-state index in [2.05, 4.69) is 24.5 Å². The third-order valence-electron chi connectivity index (χ3n) is 2.32. The van der Waals surface area contributed by atoms with Gasteiger partial charge in [0.1, 0.15) is 0 Å². The molecule has 2 atom stereocenters. The fourth-order valence-electron chi connectivity index (χ4n) is 1.43. The molecule has 0 saturated heterocycles. The largest absolute Gasteiger partial charge is 0.385 e. The summed E-state index contributed by atoms with van der Waals surface area (Å²) in [5.74, 6) is 2.22. The number of thioether (sulfide) groups is 1. The van der Waals surface area contributed by atoms with Gasteiger partial charge >= 0.3 is 0 Å². The van der Waals surface area contributed by atoms with Crippen LogP contribution in [0.25, 0.3) is 0 Å². The topological polar surface area (TPSA) is 50.4 Å². The molecular weight excluding hydrogens is 236 g/mol. The summed E-state index contributed by atoms with van der Waals surface area (Å²) in [4.78, 5) is 11.7. The van der Waals surface area contributed by atoms with Crippen LogP contribution in [0.1, 0.15) is 27.2 Å².